The van der Waals surface area contributed by atoms with Gasteiger partial charge in [-0.05, 0) is 68.4 Å². The van der Waals surface area contributed by atoms with Crippen LogP contribution in [0.4, 0.5) is 11.4 Å². The fourth-order valence-electron chi connectivity index (χ4n) is 3.57. The van der Waals surface area contributed by atoms with Crippen LogP contribution in [0.25, 0.3) is 0 Å². The molecule has 2 N–H and O–H groups in total. The standard InChI is InChI=1S/C20H23N3O2/c1-12-16(11-18(23(12)2)13-6-7-13)20(25)21-15-8-9-17-14(10-15)4-3-5-19(24)22-17/h8-11,13H,3-7H2,1-2H3,(H,21,25)(H,22,24). The zero-order valence-corrected chi connectivity index (χ0v) is 14.7. The minimum atomic E-state index is -0.0717. The molecule has 2 amide bonds. The van der Waals surface area contributed by atoms with Crippen molar-refractivity contribution in [3.63, 3.8) is 0 Å². The van der Waals surface area contributed by atoms with Gasteiger partial charge in [-0.15, -0.1) is 0 Å². The van der Waals surface area contributed by atoms with Crippen LogP contribution in [-0.4, -0.2) is 16.4 Å². The summed E-state index contributed by atoms with van der Waals surface area (Å²) < 4.78 is 2.14. The number of nitrogens with zero attached hydrogens (tertiary/aromatic N) is 1. The molecule has 1 aliphatic heterocycles. The monoisotopic (exact) mass is 337 g/mol. The van der Waals surface area contributed by atoms with Crippen molar-refractivity contribution >= 4 is 23.2 Å². The summed E-state index contributed by atoms with van der Waals surface area (Å²) in [5, 5.41) is 5.93. The van der Waals surface area contributed by atoms with Crippen LogP contribution in [0.15, 0.2) is 24.3 Å². The van der Waals surface area contributed by atoms with Crippen molar-refractivity contribution in [2.24, 2.45) is 7.05 Å². The molecular weight excluding hydrogens is 314 g/mol. The first-order valence-electron chi connectivity index (χ1n) is 8.93. The largest absolute Gasteiger partial charge is 0.351 e. The highest BCUT2D eigenvalue weighted by atomic mass is 16.2. The highest BCUT2D eigenvalue weighted by Crippen LogP contribution is 2.41. The Balaban J connectivity index is 1.56. The lowest BCUT2D eigenvalue weighted by molar-refractivity contribution is -0.116. The Kier molecular flexibility index (Phi) is 3.86. The van der Waals surface area contributed by atoms with Gasteiger partial charge in [0.05, 0.1) is 5.56 Å². The lowest BCUT2D eigenvalue weighted by Crippen LogP contribution is -2.13. The topological polar surface area (TPSA) is 63.1 Å². The van der Waals surface area contributed by atoms with Crippen LogP contribution < -0.4 is 10.6 Å². The number of aromatic nitrogens is 1. The van der Waals surface area contributed by atoms with E-state index in [9.17, 15) is 9.59 Å². The molecule has 5 nitrogen and oxygen atoms in total. The van der Waals surface area contributed by atoms with E-state index in [1.54, 1.807) is 0 Å². The van der Waals surface area contributed by atoms with Crippen LogP contribution >= 0.6 is 0 Å². The van der Waals surface area contributed by atoms with E-state index < -0.39 is 0 Å². The van der Waals surface area contributed by atoms with Gasteiger partial charge in [-0.1, -0.05) is 0 Å². The molecule has 0 spiro atoms. The second-order valence-corrected chi connectivity index (χ2v) is 7.13. The van der Waals surface area contributed by atoms with Gasteiger partial charge in [-0.25, -0.2) is 0 Å². The Morgan fingerprint density at radius 3 is 2.80 bits per heavy atom. The SMILES string of the molecule is Cc1c(C(=O)Nc2ccc3c(c2)CCCC(=O)N3)cc(C2CC2)n1C. The molecule has 0 saturated heterocycles. The molecular formula is C20H23N3O2. The van der Waals surface area contributed by atoms with Crippen LogP contribution in [0, 0.1) is 6.92 Å². The van der Waals surface area contributed by atoms with Crippen molar-refractivity contribution in [3.8, 4) is 0 Å². The Morgan fingerprint density at radius 1 is 1.24 bits per heavy atom. The first kappa shape index (κ1) is 15.9. The fourth-order valence-corrected chi connectivity index (χ4v) is 3.57. The van der Waals surface area contributed by atoms with E-state index in [0.717, 1.165) is 41.0 Å². The third kappa shape index (κ3) is 3.06. The summed E-state index contributed by atoms with van der Waals surface area (Å²) >= 11 is 0. The maximum Gasteiger partial charge on any atom is 0.257 e. The third-order valence-electron chi connectivity index (χ3n) is 5.30. The summed E-state index contributed by atoms with van der Waals surface area (Å²) in [6.45, 7) is 1.99. The predicted molar refractivity (Wildman–Crippen MR) is 98.1 cm³/mol. The first-order valence-corrected chi connectivity index (χ1v) is 8.93. The normalized spacial score (nSPS) is 16.8. The van der Waals surface area contributed by atoms with Crippen LogP contribution in [0.1, 0.15) is 58.9 Å². The second-order valence-electron chi connectivity index (χ2n) is 7.13. The maximum absolute atomic E-state index is 12.7. The number of hydrogen-bond acceptors (Lipinski definition) is 2. The molecule has 2 aromatic rings. The van der Waals surface area contributed by atoms with Crippen LogP contribution in [0.5, 0.6) is 0 Å². The number of hydrogen-bond donors (Lipinski definition) is 2. The maximum atomic E-state index is 12.7. The molecule has 0 bridgehead atoms. The Labute approximate surface area is 147 Å². The first-order chi connectivity index (χ1) is 12.0. The van der Waals surface area contributed by atoms with Gasteiger partial charge < -0.3 is 15.2 Å². The van der Waals surface area contributed by atoms with E-state index in [-0.39, 0.29) is 11.8 Å². The van der Waals surface area contributed by atoms with Crippen molar-refractivity contribution in [3.05, 3.63) is 46.8 Å². The van der Waals surface area contributed by atoms with Crippen LogP contribution in [0.2, 0.25) is 0 Å². The molecule has 25 heavy (non-hydrogen) atoms. The zero-order chi connectivity index (χ0) is 17.6. The lowest BCUT2D eigenvalue weighted by atomic mass is 10.1. The molecule has 0 radical (unpaired) electrons. The van der Waals surface area contributed by atoms with Crippen LogP contribution in [-0.2, 0) is 18.3 Å². The van der Waals surface area contributed by atoms with E-state index in [2.05, 4.69) is 15.2 Å². The van der Waals surface area contributed by atoms with Crippen molar-refractivity contribution in [2.75, 3.05) is 10.6 Å². The molecule has 130 valence electrons. The summed E-state index contributed by atoms with van der Waals surface area (Å²) in [5.41, 5.74) is 5.71. The highest BCUT2D eigenvalue weighted by molar-refractivity contribution is 6.05. The molecule has 1 fully saturated rings. The number of fused-ring (bicyclic) bond motifs is 1. The lowest BCUT2D eigenvalue weighted by Gasteiger charge is -2.10. The number of anilines is 2. The quantitative estimate of drug-likeness (QED) is 0.896. The molecule has 1 aliphatic carbocycles. The van der Waals surface area contributed by atoms with Gasteiger partial charge in [-0.2, -0.15) is 0 Å². The summed E-state index contributed by atoms with van der Waals surface area (Å²) in [7, 11) is 2.03. The molecule has 5 heteroatoms. The van der Waals surface area contributed by atoms with Crippen molar-refractivity contribution in [2.45, 2.75) is 44.9 Å². The van der Waals surface area contributed by atoms with Crippen molar-refractivity contribution in [1.29, 1.82) is 0 Å². The average Bonchev–Trinajstić information content (AvgIpc) is 3.38. The average molecular weight is 337 g/mol. The van der Waals surface area contributed by atoms with Gasteiger partial charge in [0.2, 0.25) is 5.91 Å². The van der Waals surface area contributed by atoms with E-state index in [1.807, 2.05) is 38.2 Å². The molecule has 2 aliphatic rings. The molecule has 2 heterocycles. The van der Waals surface area contributed by atoms with Gasteiger partial charge in [-0.3, -0.25) is 9.59 Å². The second kappa shape index (κ2) is 6.06. The summed E-state index contributed by atoms with van der Waals surface area (Å²) in [4.78, 5) is 24.4. The number of carbonyl (C=O) groups is 2. The third-order valence-corrected chi connectivity index (χ3v) is 5.30. The molecule has 1 saturated carbocycles. The van der Waals surface area contributed by atoms with Gasteiger partial charge in [0.1, 0.15) is 0 Å². The number of aryl methyl sites for hydroxylation is 1. The van der Waals surface area contributed by atoms with Crippen molar-refractivity contribution in [1.82, 2.24) is 4.57 Å². The molecule has 1 aromatic carbocycles. The number of rotatable bonds is 3. The molecule has 0 atom stereocenters. The number of benzene rings is 1. The van der Waals surface area contributed by atoms with Crippen molar-refractivity contribution < 1.29 is 9.59 Å². The number of amides is 2. The van der Waals surface area contributed by atoms with Gasteiger partial charge >= 0.3 is 0 Å². The Bertz CT molecular complexity index is 862. The number of carbonyl (C=O) groups excluding carboxylic acids is 2. The predicted octanol–water partition coefficient (Wildman–Crippen LogP) is 3.74. The summed E-state index contributed by atoms with van der Waals surface area (Å²) in [5.74, 6) is 0.599. The van der Waals surface area contributed by atoms with E-state index in [4.69, 9.17) is 0 Å². The summed E-state index contributed by atoms with van der Waals surface area (Å²) in [6, 6.07) is 7.73. The fraction of sp³-hybridized carbons (Fsp3) is 0.400. The van der Waals surface area contributed by atoms with Gasteiger partial charge in [0, 0.05) is 36.2 Å². The smallest absolute Gasteiger partial charge is 0.257 e. The van der Waals surface area contributed by atoms with Gasteiger partial charge in [0.25, 0.3) is 5.91 Å². The Hall–Kier alpha value is -2.56. The zero-order valence-electron chi connectivity index (χ0n) is 14.7. The van der Waals surface area contributed by atoms with Crippen LogP contribution in [0.3, 0.4) is 0 Å². The van der Waals surface area contributed by atoms with E-state index >= 15 is 0 Å². The summed E-state index contributed by atoms with van der Waals surface area (Å²) in [6.07, 6.45) is 4.65. The van der Waals surface area contributed by atoms with Gasteiger partial charge in [0.15, 0.2) is 0 Å². The minimum absolute atomic E-state index is 0.0584. The molecule has 1 aromatic heterocycles. The number of nitrogens with one attached hydrogen (secondary N) is 2. The minimum Gasteiger partial charge on any atom is -0.351 e. The van der Waals surface area contributed by atoms with E-state index in [1.165, 1.54) is 18.5 Å². The molecule has 4 rings (SSSR count). The Morgan fingerprint density at radius 2 is 2.04 bits per heavy atom. The van der Waals surface area contributed by atoms with E-state index in [0.29, 0.717) is 12.3 Å². The highest BCUT2D eigenvalue weighted by Gasteiger charge is 2.29. The molecule has 0 unspecified atom stereocenters.